The molecule has 1 aliphatic rings. The van der Waals surface area contributed by atoms with Crippen molar-refractivity contribution < 1.29 is 4.79 Å². The molecular formula is C18H25NO. The van der Waals surface area contributed by atoms with E-state index >= 15 is 0 Å². The highest BCUT2D eigenvalue weighted by molar-refractivity contribution is 5.83. The van der Waals surface area contributed by atoms with E-state index in [4.69, 9.17) is 0 Å². The summed E-state index contributed by atoms with van der Waals surface area (Å²) in [5.41, 5.74) is 2.06. The lowest BCUT2D eigenvalue weighted by Crippen LogP contribution is -2.38. The Balaban J connectivity index is 2.24. The summed E-state index contributed by atoms with van der Waals surface area (Å²) in [7, 11) is 0. The molecule has 0 unspecified atom stereocenters. The van der Waals surface area contributed by atoms with Gasteiger partial charge in [0.1, 0.15) is 0 Å². The molecule has 1 aromatic rings. The minimum absolute atomic E-state index is 0.217. The van der Waals surface area contributed by atoms with Gasteiger partial charge in [-0.2, -0.15) is 0 Å². The standard InChI is InChI=1S/C18H25NO/c1-18(2,3)17(20)19(16-12-8-5-9-13-16)14-15-10-6-4-7-11-15/h4,6-7,10-12H,5,8-9,13-14H2,1-3H3. The summed E-state index contributed by atoms with van der Waals surface area (Å²) in [6.45, 7) is 6.67. The third-order valence-corrected chi connectivity index (χ3v) is 3.68. The summed E-state index contributed by atoms with van der Waals surface area (Å²) in [4.78, 5) is 14.7. The van der Waals surface area contributed by atoms with Crippen molar-refractivity contribution in [2.75, 3.05) is 0 Å². The Morgan fingerprint density at radius 1 is 1.15 bits per heavy atom. The van der Waals surface area contributed by atoms with Gasteiger partial charge in [-0.1, -0.05) is 57.2 Å². The van der Waals surface area contributed by atoms with Crippen LogP contribution in [0.15, 0.2) is 42.1 Å². The Bertz CT molecular complexity index is 482. The summed E-state index contributed by atoms with van der Waals surface area (Å²) >= 11 is 0. The van der Waals surface area contributed by atoms with Crippen molar-refractivity contribution in [3.8, 4) is 0 Å². The highest BCUT2D eigenvalue weighted by Crippen LogP contribution is 2.28. The highest BCUT2D eigenvalue weighted by atomic mass is 16.2. The lowest BCUT2D eigenvalue weighted by molar-refractivity contribution is -0.138. The molecule has 20 heavy (non-hydrogen) atoms. The zero-order chi connectivity index (χ0) is 14.6. The molecule has 0 fully saturated rings. The van der Waals surface area contributed by atoms with Crippen molar-refractivity contribution in [2.45, 2.75) is 53.0 Å². The van der Waals surface area contributed by atoms with Crippen molar-refractivity contribution in [3.63, 3.8) is 0 Å². The van der Waals surface area contributed by atoms with Crippen molar-refractivity contribution in [1.29, 1.82) is 0 Å². The second-order valence-electron chi connectivity index (χ2n) is 6.57. The van der Waals surface area contributed by atoms with Crippen LogP contribution < -0.4 is 0 Å². The number of hydrogen-bond acceptors (Lipinski definition) is 1. The van der Waals surface area contributed by atoms with E-state index in [0.29, 0.717) is 6.54 Å². The van der Waals surface area contributed by atoms with Gasteiger partial charge in [-0.15, -0.1) is 0 Å². The highest BCUT2D eigenvalue weighted by Gasteiger charge is 2.29. The first-order valence-electron chi connectivity index (χ1n) is 7.53. The summed E-state index contributed by atoms with van der Waals surface area (Å²) < 4.78 is 0. The molecule has 0 aliphatic heterocycles. The van der Waals surface area contributed by atoms with Crippen molar-refractivity contribution in [3.05, 3.63) is 47.7 Å². The molecule has 0 atom stereocenters. The Hall–Kier alpha value is -1.57. The van der Waals surface area contributed by atoms with Crippen LogP contribution in [0.5, 0.6) is 0 Å². The number of carbonyl (C=O) groups excluding carboxylic acids is 1. The van der Waals surface area contributed by atoms with E-state index in [1.54, 1.807) is 0 Å². The van der Waals surface area contributed by atoms with Gasteiger partial charge in [-0.3, -0.25) is 4.79 Å². The summed E-state index contributed by atoms with van der Waals surface area (Å²) in [5.74, 6) is 0.217. The number of amides is 1. The van der Waals surface area contributed by atoms with Crippen molar-refractivity contribution >= 4 is 5.91 Å². The smallest absolute Gasteiger partial charge is 0.232 e. The number of allylic oxidation sites excluding steroid dienone is 2. The fraction of sp³-hybridized carbons (Fsp3) is 0.500. The van der Waals surface area contributed by atoms with Crippen LogP contribution in [0.3, 0.4) is 0 Å². The lowest BCUT2D eigenvalue weighted by Gasteiger charge is -2.33. The Labute approximate surface area is 122 Å². The van der Waals surface area contributed by atoms with E-state index in [-0.39, 0.29) is 11.3 Å². The molecule has 0 saturated carbocycles. The van der Waals surface area contributed by atoms with Crippen LogP contribution in [0.4, 0.5) is 0 Å². The maximum Gasteiger partial charge on any atom is 0.232 e. The van der Waals surface area contributed by atoms with Crippen LogP contribution in [0.25, 0.3) is 0 Å². The largest absolute Gasteiger partial charge is 0.312 e. The zero-order valence-corrected chi connectivity index (χ0v) is 12.9. The molecule has 0 N–H and O–H groups in total. The number of carbonyl (C=O) groups is 1. The Morgan fingerprint density at radius 2 is 1.85 bits per heavy atom. The molecule has 0 radical (unpaired) electrons. The average Bonchev–Trinajstić information content (AvgIpc) is 2.45. The first-order chi connectivity index (χ1) is 9.48. The third-order valence-electron chi connectivity index (χ3n) is 3.68. The van der Waals surface area contributed by atoms with E-state index in [1.807, 2.05) is 43.9 Å². The van der Waals surface area contributed by atoms with Gasteiger partial charge in [0, 0.05) is 11.1 Å². The van der Waals surface area contributed by atoms with Crippen molar-refractivity contribution in [2.24, 2.45) is 5.41 Å². The normalized spacial score (nSPS) is 15.7. The van der Waals surface area contributed by atoms with E-state index in [0.717, 1.165) is 12.8 Å². The molecule has 2 nitrogen and oxygen atoms in total. The predicted octanol–water partition coefficient (Wildman–Crippen LogP) is 4.52. The van der Waals surface area contributed by atoms with Gasteiger partial charge in [0.05, 0.1) is 6.54 Å². The van der Waals surface area contributed by atoms with E-state index in [9.17, 15) is 4.79 Å². The molecule has 1 aromatic carbocycles. The lowest BCUT2D eigenvalue weighted by atomic mass is 9.92. The van der Waals surface area contributed by atoms with Crippen molar-refractivity contribution in [1.82, 2.24) is 4.90 Å². The van der Waals surface area contributed by atoms with E-state index < -0.39 is 0 Å². The first kappa shape index (κ1) is 14.8. The SMILES string of the molecule is CC(C)(C)C(=O)N(Cc1ccccc1)C1=CCCCC1. The fourth-order valence-electron chi connectivity index (χ4n) is 2.54. The van der Waals surface area contributed by atoms with Crippen LogP contribution >= 0.6 is 0 Å². The second-order valence-corrected chi connectivity index (χ2v) is 6.57. The van der Waals surface area contributed by atoms with Gasteiger partial charge < -0.3 is 4.90 Å². The molecule has 0 heterocycles. The maximum atomic E-state index is 12.8. The van der Waals surface area contributed by atoms with E-state index in [1.165, 1.54) is 24.1 Å². The summed E-state index contributed by atoms with van der Waals surface area (Å²) in [5, 5.41) is 0. The van der Waals surface area contributed by atoms with Crippen LogP contribution in [0, 0.1) is 5.41 Å². The quantitative estimate of drug-likeness (QED) is 0.791. The average molecular weight is 271 g/mol. The molecule has 0 saturated heterocycles. The molecule has 108 valence electrons. The number of benzene rings is 1. The summed E-state index contributed by atoms with van der Waals surface area (Å²) in [6, 6.07) is 10.3. The van der Waals surface area contributed by atoms with Gasteiger partial charge in [-0.05, 0) is 31.2 Å². The molecule has 1 amide bonds. The van der Waals surface area contributed by atoms with Gasteiger partial charge in [0.15, 0.2) is 0 Å². The van der Waals surface area contributed by atoms with E-state index in [2.05, 4.69) is 18.2 Å². The first-order valence-corrected chi connectivity index (χ1v) is 7.53. The van der Waals surface area contributed by atoms with Crippen LogP contribution in [0.2, 0.25) is 0 Å². The molecule has 2 rings (SSSR count). The van der Waals surface area contributed by atoms with Crippen LogP contribution in [-0.2, 0) is 11.3 Å². The number of rotatable bonds is 3. The monoisotopic (exact) mass is 271 g/mol. The molecule has 0 spiro atoms. The van der Waals surface area contributed by atoms with Gasteiger partial charge in [-0.25, -0.2) is 0 Å². The second kappa shape index (κ2) is 6.25. The van der Waals surface area contributed by atoms with Crippen LogP contribution in [-0.4, -0.2) is 10.8 Å². The topological polar surface area (TPSA) is 20.3 Å². The molecule has 1 aliphatic carbocycles. The van der Waals surface area contributed by atoms with Gasteiger partial charge in [0.25, 0.3) is 0 Å². The molecule has 0 aromatic heterocycles. The fourth-order valence-corrected chi connectivity index (χ4v) is 2.54. The molecule has 2 heteroatoms. The number of hydrogen-bond donors (Lipinski definition) is 0. The minimum atomic E-state index is -0.340. The number of nitrogens with zero attached hydrogens (tertiary/aromatic N) is 1. The zero-order valence-electron chi connectivity index (χ0n) is 12.9. The Kier molecular flexibility index (Phi) is 4.64. The van der Waals surface area contributed by atoms with Crippen LogP contribution in [0.1, 0.15) is 52.0 Å². The predicted molar refractivity (Wildman–Crippen MR) is 83.0 cm³/mol. The maximum absolute atomic E-state index is 12.8. The summed E-state index contributed by atoms with van der Waals surface area (Å²) in [6.07, 6.45) is 6.80. The molecule has 0 bridgehead atoms. The van der Waals surface area contributed by atoms with Gasteiger partial charge in [0.2, 0.25) is 5.91 Å². The third kappa shape index (κ3) is 3.72. The Morgan fingerprint density at radius 3 is 2.40 bits per heavy atom. The van der Waals surface area contributed by atoms with Gasteiger partial charge >= 0.3 is 0 Å². The molecular weight excluding hydrogens is 246 g/mol. The minimum Gasteiger partial charge on any atom is -0.312 e.